The van der Waals surface area contributed by atoms with Gasteiger partial charge in [-0.1, -0.05) is 84.4 Å². The topological polar surface area (TPSA) is 67.8 Å². The molecule has 0 bridgehead atoms. The van der Waals surface area contributed by atoms with Crippen molar-refractivity contribution in [3.63, 3.8) is 0 Å². The smallest absolute Gasteiger partial charge is 0.345 e. The van der Waals surface area contributed by atoms with E-state index in [0.29, 0.717) is 16.3 Å². The predicted molar refractivity (Wildman–Crippen MR) is 126 cm³/mol. The first-order chi connectivity index (χ1) is 15.6. The lowest BCUT2D eigenvalue weighted by atomic mass is 10.0. The molecule has 0 saturated carbocycles. The summed E-state index contributed by atoms with van der Waals surface area (Å²) in [5, 5.41) is 6.19. The van der Waals surface area contributed by atoms with Gasteiger partial charge in [0.2, 0.25) is 5.91 Å². The number of hydrazone groups is 1. The second-order valence-electron chi connectivity index (χ2n) is 7.02. The minimum absolute atomic E-state index is 0.210. The number of hydrogen-bond acceptors (Lipinski definition) is 4. The van der Waals surface area contributed by atoms with E-state index in [-0.39, 0.29) is 17.9 Å². The van der Waals surface area contributed by atoms with Gasteiger partial charge in [-0.3, -0.25) is 4.79 Å². The zero-order valence-electron chi connectivity index (χ0n) is 17.0. The summed E-state index contributed by atoms with van der Waals surface area (Å²) < 4.78 is 5.65. The number of fused-ring (bicyclic) bond motifs is 1. The van der Waals surface area contributed by atoms with Gasteiger partial charge < -0.3 is 4.74 Å². The highest BCUT2D eigenvalue weighted by atomic mass is 35.5. The van der Waals surface area contributed by atoms with E-state index in [2.05, 4.69) is 10.5 Å². The fourth-order valence-electron chi connectivity index (χ4n) is 3.27. The molecule has 0 spiro atoms. The SMILES string of the molecule is O=C(Cc1ccccc1)N/N=C/c1c(OC(=O)c2ccccc2Cl)ccc2ccccc12. The number of nitrogens with zero attached hydrogens (tertiary/aromatic N) is 1. The number of carbonyl (C=O) groups is 2. The average Bonchev–Trinajstić information content (AvgIpc) is 2.81. The predicted octanol–water partition coefficient (Wildman–Crippen LogP) is 5.41. The van der Waals surface area contributed by atoms with Crippen molar-refractivity contribution in [1.29, 1.82) is 0 Å². The molecular formula is C26H19ClN2O3. The van der Waals surface area contributed by atoms with Gasteiger partial charge in [0.05, 0.1) is 23.2 Å². The number of esters is 1. The number of carbonyl (C=O) groups excluding carboxylic acids is 2. The van der Waals surface area contributed by atoms with Gasteiger partial charge in [-0.05, 0) is 34.5 Å². The molecule has 158 valence electrons. The Morgan fingerprint density at radius 1 is 0.875 bits per heavy atom. The highest BCUT2D eigenvalue weighted by Crippen LogP contribution is 2.28. The molecule has 32 heavy (non-hydrogen) atoms. The van der Waals surface area contributed by atoms with Gasteiger partial charge in [0.1, 0.15) is 5.75 Å². The van der Waals surface area contributed by atoms with Crippen LogP contribution in [-0.4, -0.2) is 18.1 Å². The van der Waals surface area contributed by atoms with Gasteiger partial charge >= 0.3 is 5.97 Å². The van der Waals surface area contributed by atoms with Crippen molar-refractivity contribution in [3.8, 4) is 5.75 Å². The number of rotatable bonds is 6. The van der Waals surface area contributed by atoms with Crippen molar-refractivity contribution in [2.24, 2.45) is 5.10 Å². The number of hydrogen-bond donors (Lipinski definition) is 1. The second-order valence-corrected chi connectivity index (χ2v) is 7.43. The molecule has 1 N–H and O–H groups in total. The fourth-order valence-corrected chi connectivity index (χ4v) is 3.48. The van der Waals surface area contributed by atoms with Crippen molar-refractivity contribution in [1.82, 2.24) is 5.43 Å². The van der Waals surface area contributed by atoms with Crippen molar-refractivity contribution < 1.29 is 14.3 Å². The third-order valence-corrected chi connectivity index (χ3v) is 5.15. The van der Waals surface area contributed by atoms with Crippen LogP contribution in [0.25, 0.3) is 10.8 Å². The van der Waals surface area contributed by atoms with Crippen molar-refractivity contribution in [3.05, 3.63) is 113 Å². The molecule has 0 atom stereocenters. The third kappa shape index (κ3) is 5.02. The molecule has 0 heterocycles. The van der Waals surface area contributed by atoms with Crippen molar-refractivity contribution >= 4 is 40.5 Å². The Hall–Kier alpha value is -3.96. The molecule has 0 aliphatic rings. The van der Waals surface area contributed by atoms with Gasteiger partial charge in [0, 0.05) is 5.56 Å². The van der Waals surface area contributed by atoms with E-state index >= 15 is 0 Å². The Morgan fingerprint density at radius 3 is 2.41 bits per heavy atom. The van der Waals surface area contributed by atoms with E-state index in [1.165, 1.54) is 6.21 Å². The third-order valence-electron chi connectivity index (χ3n) is 4.82. The monoisotopic (exact) mass is 442 g/mol. The first kappa shape index (κ1) is 21.3. The van der Waals surface area contributed by atoms with Crippen molar-refractivity contribution in [2.75, 3.05) is 0 Å². The number of ether oxygens (including phenoxy) is 1. The summed E-state index contributed by atoms with van der Waals surface area (Å²) in [5.41, 5.74) is 4.26. The van der Waals surface area contributed by atoms with E-state index in [1.807, 2.05) is 60.7 Å². The summed E-state index contributed by atoms with van der Waals surface area (Å²) in [6.45, 7) is 0. The van der Waals surface area contributed by atoms with Gasteiger partial charge in [-0.2, -0.15) is 5.10 Å². The molecule has 0 radical (unpaired) electrons. The summed E-state index contributed by atoms with van der Waals surface area (Å²) in [7, 11) is 0. The highest BCUT2D eigenvalue weighted by Gasteiger charge is 2.15. The Bertz CT molecular complexity index is 1300. The van der Waals surface area contributed by atoms with Crippen LogP contribution in [0.15, 0.2) is 96.1 Å². The molecule has 4 rings (SSSR count). The molecular weight excluding hydrogens is 424 g/mol. The molecule has 0 aliphatic heterocycles. The van der Waals surface area contributed by atoms with Crippen LogP contribution in [0.4, 0.5) is 0 Å². The van der Waals surface area contributed by atoms with Gasteiger partial charge in [-0.25, -0.2) is 10.2 Å². The van der Waals surface area contributed by atoms with Gasteiger partial charge in [-0.15, -0.1) is 0 Å². The molecule has 6 heteroatoms. The first-order valence-corrected chi connectivity index (χ1v) is 10.3. The molecule has 0 fully saturated rings. The first-order valence-electron chi connectivity index (χ1n) is 9.96. The van der Waals surface area contributed by atoms with Crippen LogP contribution in [0.5, 0.6) is 5.75 Å². The lowest BCUT2D eigenvalue weighted by Crippen LogP contribution is -2.19. The number of nitrogens with one attached hydrogen (secondary N) is 1. The largest absolute Gasteiger partial charge is 0.422 e. The lowest BCUT2D eigenvalue weighted by molar-refractivity contribution is -0.120. The van der Waals surface area contributed by atoms with Crippen LogP contribution < -0.4 is 10.2 Å². The zero-order valence-corrected chi connectivity index (χ0v) is 17.8. The van der Waals surface area contributed by atoms with E-state index < -0.39 is 5.97 Å². The van der Waals surface area contributed by atoms with Crippen LogP contribution in [-0.2, 0) is 11.2 Å². The van der Waals surface area contributed by atoms with Gasteiger partial charge in [0.15, 0.2) is 0 Å². The Balaban J connectivity index is 1.59. The second kappa shape index (κ2) is 9.90. The maximum atomic E-state index is 12.7. The molecule has 0 aliphatic carbocycles. The van der Waals surface area contributed by atoms with Gasteiger partial charge in [0.25, 0.3) is 0 Å². The van der Waals surface area contributed by atoms with E-state index in [1.54, 1.807) is 30.3 Å². The molecule has 1 amide bonds. The normalized spacial score (nSPS) is 10.9. The summed E-state index contributed by atoms with van der Waals surface area (Å²) in [6, 6.07) is 27.3. The Labute approximate surface area is 190 Å². The highest BCUT2D eigenvalue weighted by molar-refractivity contribution is 6.33. The number of halogens is 1. The van der Waals surface area contributed by atoms with Crippen LogP contribution >= 0.6 is 11.6 Å². The molecule has 0 unspecified atom stereocenters. The minimum Gasteiger partial charge on any atom is -0.422 e. The summed E-state index contributed by atoms with van der Waals surface area (Å²) in [5.74, 6) is -0.509. The molecule has 0 aromatic heterocycles. The lowest BCUT2D eigenvalue weighted by Gasteiger charge is -2.11. The summed E-state index contributed by atoms with van der Waals surface area (Å²) in [6.07, 6.45) is 1.70. The zero-order chi connectivity index (χ0) is 22.3. The fraction of sp³-hybridized carbons (Fsp3) is 0.0385. The maximum Gasteiger partial charge on any atom is 0.345 e. The van der Waals surface area contributed by atoms with E-state index in [0.717, 1.165) is 16.3 Å². The maximum absolute atomic E-state index is 12.7. The van der Waals surface area contributed by atoms with Crippen LogP contribution in [0, 0.1) is 0 Å². The van der Waals surface area contributed by atoms with Crippen LogP contribution in [0.2, 0.25) is 5.02 Å². The number of amides is 1. The standard InChI is InChI=1S/C26H19ClN2O3/c27-23-13-7-6-12-21(23)26(31)32-24-15-14-19-10-4-5-11-20(19)22(24)17-28-29-25(30)16-18-8-2-1-3-9-18/h1-15,17H,16H2,(H,29,30)/b28-17+. The average molecular weight is 443 g/mol. The molecule has 0 saturated heterocycles. The molecule has 4 aromatic carbocycles. The minimum atomic E-state index is -0.575. The van der Waals surface area contributed by atoms with E-state index in [4.69, 9.17) is 16.3 Å². The number of benzene rings is 4. The van der Waals surface area contributed by atoms with Crippen LogP contribution in [0.3, 0.4) is 0 Å². The van der Waals surface area contributed by atoms with Crippen LogP contribution in [0.1, 0.15) is 21.5 Å². The molecule has 5 nitrogen and oxygen atoms in total. The van der Waals surface area contributed by atoms with E-state index in [9.17, 15) is 9.59 Å². The Kier molecular flexibility index (Phi) is 6.58. The summed E-state index contributed by atoms with van der Waals surface area (Å²) in [4.78, 5) is 24.9. The summed E-state index contributed by atoms with van der Waals surface area (Å²) >= 11 is 6.13. The van der Waals surface area contributed by atoms with Crippen molar-refractivity contribution in [2.45, 2.75) is 6.42 Å². The molecule has 4 aromatic rings. The Morgan fingerprint density at radius 2 is 1.59 bits per heavy atom. The quantitative estimate of drug-likeness (QED) is 0.188.